The molecule has 2 aliphatic heterocycles. The lowest BCUT2D eigenvalue weighted by Gasteiger charge is -2.24. The number of ether oxygens (including phenoxy) is 1. The van der Waals surface area contributed by atoms with Gasteiger partial charge in [-0.3, -0.25) is 4.68 Å². The minimum atomic E-state index is -0.325. The van der Waals surface area contributed by atoms with Crippen molar-refractivity contribution < 1.29 is 13.9 Å². The molecule has 1 spiro atoms. The Balaban J connectivity index is 1.35. The van der Waals surface area contributed by atoms with Gasteiger partial charge in [-0.15, -0.1) is 0 Å². The van der Waals surface area contributed by atoms with E-state index >= 15 is 0 Å². The number of carbonyl (C=O) groups is 1. The molecule has 2 amide bonds. The van der Waals surface area contributed by atoms with Crippen LogP contribution in [-0.4, -0.2) is 44.8 Å². The third-order valence-electron chi connectivity index (χ3n) is 6.70. The number of amides is 2. The lowest BCUT2D eigenvalue weighted by molar-refractivity contribution is 0.203. The molecule has 3 aromatic rings. The molecule has 0 bridgehead atoms. The van der Waals surface area contributed by atoms with E-state index in [1.54, 1.807) is 30.5 Å². The van der Waals surface area contributed by atoms with E-state index in [0.29, 0.717) is 17.9 Å². The van der Waals surface area contributed by atoms with E-state index in [1.807, 2.05) is 23.4 Å². The van der Waals surface area contributed by atoms with E-state index in [1.165, 1.54) is 6.07 Å². The number of likely N-dealkylation sites (tertiary alicyclic amines) is 1. The smallest absolute Gasteiger partial charge is 0.317 e. The zero-order valence-electron chi connectivity index (χ0n) is 19.4. The van der Waals surface area contributed by atoms with Crippen molar-refractivity contribution in [3.05, 3.63) is 59.7 Å². The summed E-state index contributed by atoms with van der Waals surface area (Å²) in [5, 5.41) is 7.79. The molecule has 2 aliphatic rings. The molecule has 0 radical (unpaired) electrons. The second kappa shape index (κ2) is 8.62. The molecule has 178 valence electrons. The normalized spacial score (nSPS) is 19.1. The molecule has 0 aliphatic carbocycles. The quantitative estimate of drug-likeness (QED) is 0.600. The van der Waals surface area contributed by atoms with Gasteiger partial charge in [-0.05, 0) is 44.9 Å². The van der Waals surface area contributed by atoms with Gasteiger partial charge in [0.05, 0.1) is 5.69 Å². The molecule has 1 fully saturated rings. The number of nitrogens with two attached hydrogens (primary N) is 1. The number of fused-ring (bicyclic) bond motifs is 2. The molecule has 1 atom stereocenters. The van der Waals surface area contributed by atoms with Crippen LogP contribution in [0.3, 0.4) is 0 Å². The van der Waals surface area contributed by atoms with Crippen LogP contribution >= 0.6 is 0 Å². The third-order valence-corrected chi connectivity index (χ3v) is 6.70. The monoisotopic (exact) mass is 464 g/mol. The van der Waals surface area contributed by atoms with Gasteiger partial charge < -0.3 is 20.7 Å². The van der Waals surface area contributed by atoms with Crippen molar-refractivity contribution in [3.8, 4) is 17.0 Å². The lowest BCUT2D eigenvalue weighted by atomic mass is 9.82. The average Bonchev–Trinajstić information content (AvgIpc) is 3.51. The average molecular weight is 465 g/mol. The highest BCUT2D eigenvalue weighted by atomic mass is 19.1. The number of anilines is 1. The number of hydrogen-bond acceptors (Lipinski definition) is 5. The molecule has 9 heteroatoms. The predicted molar refractivity (Wildman–Crippen MR) is 127 cm³/mol. The first-order valence-electron chi connectivity index (χ1n) is 11.6. The van der Waals surface area contributed by atoms with E-state index < -0.39 is 0 Å². The topological polar surface area (TPSA) is 98.3 Å². The summed E-state index contributed by atoms with van der Waals surface area (Å²) in [6.07, 6.45) is 3.56. The Morgan fingerprint density at radius 1 is 1.26 bits per heavy atom. The molecule has 0 unspecified atom stereocenters. The number of rotatable bonds is 5. The van der Waals surface area contributed by atoms with Gasteiger partial charge in [0.2, 0.25) is 0 Å². The number of aryl methyl sites for hydroxylation is 1. The van der Waals surface area contributed by atoms with Gasteiger partial charge in [0.15, 0.2) is 11.6 Å². The van der Waals surface area contributed by atoms with Gasteiger partial charge in [0, 0.05) is 54.1 Å². The second-order valence-electron chi connectivity index (χ2n) is 9.43. The number of pyridine rings is 1. The van der Waals surface area contributed by atoms with Crippen LogP contribution in [0.5, 0.6) is 5.75 Å². The van der Waals surface area contributed by atoms with Gasteiger partial charge in [-0.2, -0.15) is 5.10 Å². The highest BCUT2D eigenvalue weighted by molar-refractivity contribution is 5.75. The van der Waals surface area contributed by atoms with Crippen molar-refractivity contribution in [2.75, 3.05) is 18.8 Å². The van der Waals surface area contributed by atoms with E-state index in [2.05, 4.69) is 16.4 Å². The molecule has 1 saturated heterocycles. The van der Waals surface area contributed by atoms with Crippen LogP contribution in [0.25, 0.3) is 11.3 Å². The Kier molecular flexibility index (Phi) is 5.63. The van der Waals surface area contributed by atoms with Crippen LogP contribution in [0.2, 0.25) is 0 Å². The van der Waals surface area contributed by atoms with Gasteiger partial charge in [0.1, 0.15) is 12.4 Å². The number of nitrogen functional groups attached to an aromatic ring is 1. The van der Waals surface area contributed by atoms with Gasteiger partial charge in [0.25, 0.3) is 0 Å². The summed E-state index contributed by atoms with van der Waals surface area (Å²) in [6.45, 7) is 6.22. The fourth-order valence-electron chi connectivity index (χ4n) is 4.88. The van der Waals surface area contributed by atoms with Gasteiger partial charge >= 0.3 is 6.03 Å². The number of nitrogens with one attached hydrogen (secondary N) is 1. The van der Waals surface area contributed by atoms with Crippen molar-refractivity contribution >= 4 is 11.8 Å². The first-order valence-corrected chi connectivity index (χ1v) is 11.6. The van der Waals surface area contributed by atoms with Crippen molar-refractivity contribution in [1.29, 1.82) is 0 Å². The van der Waals surface area contributed by atoms with Crippen molar-refractivity contribution in [2.45, 2.75) is 51.3 Å². The molecule has 4 heterocycles. The van der Waals surface area contributed by atoms with Crippen LogP contribution in [-0.2, 0) is 18.6 Å². The summed E-state index contributed by atoms with van der Waals surface area (Å²) in [4.78, 5) is 18.7. The third kappa shape index (κ3) is 4.06. The van der Waals surface area contributed by atoms with E-state index in [0.717, 1.165) is 42.9 Å². The number of nitrogens with zero attached hydrogens (tertiary/aromatic N) is 4. The summed E-state index contributed by atoms with van der Waals surface area (Å²) >= 11 is 0. The molecule has 5 rings (SSSR count). The molecule has 0 saturated carbocycles. The molecule has 3 N–H and O–H groups in total. The Morgan fingerprint density at radius 2 is 2.06 bits per heavy atom. The van der Waals surface area contributed by atoms with Crippen LogP contribution in [0, 0.1) is 5.82 Å². The van der Waals surface area contributed by atoms with E-state index in [9.17, 15) is 9.18 Å². The Labute approximate surface area is 197 Å². The maximum Gasteiger partial charge on any atom is 0.317 e. The highest BCUT2D eigenvalue weighted by Gasteiger charge is 2.47. The van der Waals surface area contributed by atoms with Gasteiger partial charge in [-0.25, -0.2) is 14.2 Å². The van der Waals surface area contributed by atoms with Crippen molar-refractivity contribution in [2.24, 2.45) is 0 Å². The van der Waals surface area contributed by atoms with Crippen LogP contribution in [0.15, 0.2) is 42.6 Å². The summed E-state index contributed by atoms with van der Waals surface area (Å²) in [5.41, 5.74) is 9.09. The number of halogens is 1. The number of carbonyl (C=O) groups excluding carboxylic acids is 1. The number of urea groups is 1. The maximum absolute atomic E-state index is 13.9. The molecular formula is C25H29FN6O2. The summed E-state index contributed by atoms with van der Waals surface area (Å²) in [7, 11) is 0. The first-order chi connectivity index (χ1) is 16.3. The predicted octanol–water partition coefficient (Wildman–Crippen LogP) is 3.71. The summed E-state index contributed by atoms with van der Waals surface area (Å²) < 4.78 is 21.8. The molecule has 1 aromatic carbocycles. The van der Waals surface area contributed by atoms with Crippen LogP contribution in [0.4, 0.5) is 15.0 Å². The zero-order valence-corrected chi connectivity index (χ0v) is 19.4. The number of benzene rings is 1. The Bertz CT molecular complexity index is 1230. The zero-order chi connectivity index (χ0) is 23.9. The maximum atomic E-state index is 13.9. The highest BCUT2D eigenvalue weighted by Crippen LogP contribution is 2.44. The lowest BCUT2D eigenvalue weighted by Crippen LogP contribution is -2.43. The molecule has 8 nitrogen and oxygen atoms in total. The van der Waals surface area contributed by atoms with Crippen molar-refractivity contribution in [1.82, 2.24) is 25.0 Å². The molecule has 2 aromatic heterocycles. The fraction of sp³-hybridized carbons (Fsp3) is 0.400. The molecular weight excluding hydrogens is 435 g/mol. The van der Waals surface area contributed by atoms with E-state index in [-0.39, 0.29) is 35.7 Å². The minimum absolute atomic E-state index is 0.00978. The SMILES string of the molecule is CC(C)NC(=O)N1CC[C@@]2(CCn3nc(-c4cnc(N)c(OCc5ccccc5F)c4)cc32)C1. The minimum Gasteiger partial charge on any atom is -0.485 e. The van der Waals surface area contributed by atoms with Crippen LogP contribution < -0.4 is 15.8 Å². The molecule has 34 heavy (non-hydrogen) atoms. The van der Waals surface area contributed by atoms with Crippen molar-refractivity contribution in [3.63, 3.8) is 0 Å². The largest absolute Gasteiger partial charge is 0.485 e. The van der Waals surface area contributed by atoms with E-state index in [4.69, 9.17) is 15.6 Å². The summed E-state index contributed by atoms with van der Waals surface area (Å²) in [6, 6.07) is 10.5. The number of hydrogen-bond donors (Lipinski definition) is 2. The standard InChI is InChI=1S/C25H29FN6O2/c1-16(2)29-24(33)31-9-7-25(15-31)8-10-32-22(25)12-20(30-32)18-11-21(23(27)28-13-18)34-14-17-5-3-4-6-19(17)26/h3-6,11-13,16H,7-10,14-15H2,1-2H3,(H2,27,28)(H,29,33)/t25-/m1/s1. The second-order valence-corrected chi connectivity index (χ2v) is 9.43. The Morgan fingerprint density at radius 3 is 2.85 bits per heavy atom. The first kappa shape index (κ1) is 22.2. The fourth-order valence-corrected chi connectivity index (χ4v) is 4.88. The Hall–Kier alpha value is -3.62. The number of aromatic nitrogens is 3. The van der Waals surface area contributed by atoms with Gasteiger partial charge in [-0.1, -0.05) is 18.2 Å². The van der Waals surface area contributed by atoms with Crippen LogP contribution in [0.1, 0.15) is 37.9 Å². The summed E-state index contributed by atoms with van der Waals surface area (Å²) in [5.74, 6) is 0.306.